The minimum Gasteiger partial charge on any atom is -0.480 e. The maximum absolute atomic E-state index is 12.5. The molecule has 0 unspecified atom stereocenters. The van der Waals surface area contributed by atoms with Crippen molar-refractivity contribution < 1.29 is 27.9 Å². The first-order chi connectivity index (χ1) is 10.8. The lowest BCUT2D eigenvalue weighted by atomic mass is 10.1. The van der Waals surface area contributed by atoms with Crippen molar-refractivity contribution in [1.29, 1.82) is 0 Å². The summed E-state index contributed by atoms with van der Waals surface area (Å²) in [6.45, 7) is 0.437. The van der Waals surface area contributed by atoms with Gasteiger partial charge in [-0.1, -0.05) is 12.1 Å². The number of benzene rings is 1. The van der Waals surface area contributed by atoms with Crippen LogP contribution in [0.25, 0.3) is 0 Å². The Hall–Kier alpha value is -2.05. The van der Waals surface area contributed by atoms with Gasteiger partial charge in [0, 0.05) is 12.5 Å². The molecule has 124 valence electrons. The Morgan fingerprint density at radius 1 is 1.17 bits per heavy atom. The molecule has 4 nitrogen and oxygen atoms in total. The summed E-state index contributed by atoms with van der Waals surface area (Å²) in [4.78, 5) is 25.0. The summed E-state index contributed by atoms with van der Waals surface area (Å²) >= 11 is 0. The molecule has 3 rings (SSSR count). The van der Waals surface area contributed by atoms with Crippen LogP contribution in [0.3, 0.4) is 0 Å². The van der Waals surface area contributed by atoms with E-state index in [4.69, 9.17) is 5.11 Å². The van der Waals surface area contributed by atoms with E-state index in [1.807, 2.05) is 0 Å². The Morgan fingerprint density at radius 3 is 2.39 bits per heavy atom. The highest BCUT2D eigenvalue weighted by Crippen LogP contribution is 2.49. The van der Waals surface area contributed by atoms with Crippen molar-refractivity contribution in [2.75, 3.05) is 6.54 Å². The molecule has 1 saturated heterocycles. The van der Waals surface area contributed by atoms with Crippen LogP contribution in [0.1, 0.15) is 36.3 Å². The van der Waals surface area contributed by atoms with Gasteiger partial charge in [-0.05, 0) is 42.9 Å². The normalized spacial score (nSPS) is 27.1. The van der Waals surface area contributed by atoms with Crippen LogP contribution in [0.5, 0.6) is 0 Å². The lowest BCUT2D eigenvalue weighted by molar-refractivity contribution is -0.148. The third-order valence-electron chi connectivity index (χ3n) is 4.59. The van der Waals surface area contributed by atoms with Crippen molar-refractivity contribution in [1.82, 2.24) is 4.90 Å². The van der Waals surface area contributed by atoms with E-state index in [0.29, 0.717) is 31.4 Å². The third-order valence-corrected chi connectivity index (χ3v) is 4.59. The number of hydrogen-bond acceptors (Lipinski definition) is 2. The van der Waals surface area contributed by atoms with Gasteiger partial charge in [0.25, 0.3) is 0 Å². The van der Waals surface area contributed by atoms with Gasteiger partial charge in [-0.25, -0.2) is 4.79 Å². The van der Waals surface area contributed by atoms with Crippen LogP contribution in [-0.4, -0.2) is 34.5 Å². The number of halogens is 3. The van der Waals surface area contributed by atoms with Gasteiger partial charge < -0.3 is 10.0 Å². The van der Waals surface area contributed by atoms with E-state index in [9.17, 15) is 22.8 Å². The molecule has 3 atom stereocenters. The largest absolute Gasteiger partial charge is 0.480 e. The minimum absolute atomic E-state index is 0.111. The van der Waals surface area contributed by atoms with Gasteiger partial charge in [-0.3, -0.25) is 4.79 Å². The number of rotatable bonds is 3. The summed E-state index contributed by atoms with van der Waals surface area (Å²) in [5.74, 6) is -1.62. The molecule has 23 heavy (non-hydrogen) atoms. The van der Waals surface area contributed by atoms with Crippen molar-refractivity contribution in [3.63, 3.8) is 0 Å². The average molecular weight is 327 g/mol. The molecule has 0 bridgehead atoms. The zero-order valence-corrected chi connectivity index (χ0v) is 12.2. The van der Waals surface area contributed by atoms with Crippen LogP contribution < -0.4 is 0 Å². The van der Waals surface area contributed by atoms with Crippen molar-refractivity contribution in [3.8, 4) is 0 Å². The van der Waals surface area contributed by atoms with Crippen molar-refractivity contribution in [2.24, 2.45) is 5.92 Å². The molecule has 1 saturated carbocycles. The van der Waals surface area contributed by atoms with E-state index in [2.05, 4.69) is 0 Å². The minimum atomic E-state index is -4.37. The molecule has 1 N–H and O–H groups in total. The number of carboxylic acids is 1. The Kier molecular flexibility index (Phi) is 3.82. The average Bonchev–Trinajstić information content (AvgIpc) is 3.13. The van der Waals surface area contributed by atoms with E-state index >= 15 is 0 Å². The molecule has 1 aromatic carbocycles. The van der Waals surface area contributed by atoms with E-state index in [1.165, 1.54) is 17.0 Å². The molecular formula is C16H16F3NO3. The number of aliphatic carboxylic acids is 1. The summed E-state index contributed by atoms with van der Waals surface area (Å²) in [7, 11) is 0. The topological polar surface area (TPSA) is 57.6 Å². The lowest BCUT2D eigenvalue weighted by Crippen LogP contribution is -2.41. The van der Waals surface area contributed by atoms with E-state index in [0.717, 1.165) is 12.1 Å². The van der Waals surface area contributed by atoms with Crippen molar-refractivity contribution in [3.05, 3.63) is 35.4 Å². The zero-order valence-electron chi connectivity index (χ0n) is 12.2. The number of carboxylic acid groups (broad SMARTS) is 1. The number of carbonyl (C=O) groups excluding carboxylic acids is 1. The maximum atomic E-state index is 12.5. The maximum Gasteiger partial charge on any atom is 0.416 e. The van der Waals surface area contributed by atoms with Gasteiger partial charge in [-0.15, -0.1) is 0 Å². The van der Waals surface area contributed by atoms with Crippen molar-refractivity contribution in [2.45, 2.75) is 37.4 Å². The van der Waals surface area contributed by atoms with E-state index in [1.54, 1.807) is 0 Å². The van der Waals surface area contributed by atoms with Crippen LogP contribution in [0, 0.1) is 5.92 Å². The van der Waals surface area contributed by atoms with E-state index in [-0.39, 0.29) is 17.7 Å². The van der Waals surface area contributed by atoms with Crippen LogP contribution >= 0.6 is 0 Å². The Bertz CT molecular complexity index is 626. The molecule has 7 heteroatoms. The number of hydrogen-bond donors (Lipinski definition) is 1. The standard InChI is InChI=1S/C16H16F3NO3/c17-16(18,19)10-5-3-9(4-6-10)11-8-12(11)14(21)20-7-1-2-13(20)15(22)23/h3-6,11-13H,1-2,7-8H2,(H,22,23)/t11-,12+,13+/m1/s1. The first-order valence-electron chi connectivity index (χ1n) is 7.49. The SMILES string of the molecule is O=C(O)[C@@H]1CCCN1C(=O)[C@H]1C[C@@H]1c1ccc(C(F)(F)F)cc1. The van der Waals surface area contributed by atoms with Crippen LogP contribution in [0.2, 0.25) is 0 Å². The molecule has 0 radical (unpaired) electrons. The van der Waals surface area contributed by atoms with Crippen LogP contribution in [0.15, 0.2) is 24.3 Å². The molecule has 1 aliphatic carbocycles. The molecule has 1 amide bonds. The molecule has 0 spiro atoms. The fourth-order valence-electron chi connectivity index (χ4n) is 3.26. The summed E-state index contributed by atoms with van der Waals surface area (Å²) in [6.07, 6.45) is -2.69. The lowest BCUT2D eigenvalue weighted by Gasteiger charge is -2.21. The Balaban J connectivity index is 1.67. The molecule has 1 aliphatic heterocycles. The quantitative estimate of drug-likeness (QED) is 0.929. The highest BCUT2D eigenvalue weighted by Gasteiger charge is 2.48. The Labute approximate surface area is 130 Å². The molecule has 1 aromatic rings. The Morgan fingerprint density at radius 2 is 1.83 bits per heavy atom. The number of amides is 1. The first-order valence-corrected chi connectivity index (χ1v) is 7.49. The van der Waals surface area contributed by atoms with Gasteiger partial charge in [0.2, 0.25) is 5.91 Å². The predicted molar refractivity (Wildman–Crippen MR) is 74.7 cm³/mol. The third kappa shape index (κ3) is 3.04. The number of alkyl halides is 3. The van der Waals surface area contributed by atoms with E-state index < -0.39 is 23.8 Å². The second kappa shape index (κ2) is 5.54. The number of likely N-dealkylation sites (tertiary alicyclic amines) is 1. The monoisotopic (exact) mass is 327 g/mol. The molecule has 1 heterocycles. The molecule has 0 aromatic heterocycles. The summed E-state index contributed by atoms with van der Waals surface area (Å²) in [6, 6.07) is 4.08. The van der Waals surface area contributed by atoms with Gasteiger partial charge in [0.1, 0.15) is 6.04 Å². The van der Waals surface area contributed by atoms with Crippen LogP contribution in [-0.2, 0) is 15.8 Å². The van der Waals surface area contributed by atoms with Crippen molar-refractivity contribution >= 4 is 11.9 Å². The summed E-state index contributed by atoms with van der Waals surface area (Å²) in [5, 5.41) is 9.12. The number of nitrogens with zero attached hydrogens (tertiary/aromatic N) is 1. The second-order valence-corrected chi connectivity index (χ2v) is 6.10. The fourth-order valence-corrected chi connectivity index (χ4v) is 3.26. The highest BCUT2D eigenvalue weighted by atomic mass is 19.4. The van der Waals surface area contributed by atoms with Crippen LogP contribution in [0.4, 0.5) is 13.2 Å². The molecular weight excluding hydrogens is 311 g/mol. The van der Waals surface area contributed by atoms with Gasteiger partial charge in [0.15, 0.2) is 0 Å². The summed E-state index contributed by atoms with van der Waals surface area (Å²) < 4.78 is 37.6. The fraction of sp³-hybridized carbons (Fsp3) is 0.500. The smallest absolute Gasteiger partial charge is 0.416 e. The first kappa shape index (κ1) is 15.8. The van der Waals surface area contributed by atoms with Gasteiger partial charge >= 0.3 is 12.1 Å². The van der Waals surface area contributed by atoms with Gasteiger partial charge in [0.05, 0.1) is 5.56 Å². The highest BCUT2D eigenvalue weighted by molar-refractivity contribution is 5.88. The molecule has 2 fully saturated rings. The number of carbonyl (C=O) groups is 2. The summed E-state index contributed by atoms with van der Waals surface area (Å²) in [5.41, 5.74) is -0.0160. The second-order valence-electron chi connectivity index (χ2n) is 6.10. The van der Waals surface area contributed by atoms with Gasteiger partial charge in [-0.2, -0.15) is 13.2 Å². The zero-order chi connectivity index (χ0) is 16.8. The molecule has 2 aliphatic rings. The predicted octanol–water partition coefficient (Wildman–Crippen LogP) is 2.88.